The average molecular weight is 242 g/mol. The van der Waals surface area contributed by atoms with Crippen LogP contribution in [0.1, 0.15) is 0 Å². The molecule has 1 N–H and O–H groups in total. The average Bonchev–Trinajstić information content (AvgIpc) is 2.25. The fourth-order valence-electron chi connectivity index (χ4n) is 1.58. The minimum Gasteiger partial charge on any atom is -0.493 e. The van der Waals surface area contributed by atoms with Gasteiger partial charge in [-0.25, -0.2) is 0 Å². The van der Waals surface area contributed by atoms with Crippen molar-refractivity contribution >= 4 is 13.5 Å². The van der Waals surface area contributed by atoms with E-state index in [1.807, 2.05) is 19.2 Å². The summed E-state index contributed by atoms with van der Waals surface area (Å²) in [6, 6.07) is 3.61. The molecule has 0 amide bonds. The van der Waals surface area contributed by atoms with Gasteiger partial charge in [0.1, 0.15) is 0 Å². The zero-order valence-electron chi connectivity index (χ0n) is 10.3. The Bertz CT molecular complexity index is 371. The first-order valence-electron chi connectivity index (χ1n) is 4.97. The Hall–Kier alpha value is -1.20. The van der Waals surface area contributed by atoms with E-state index in [0.717, 1.165) is 5.19 Å². The highest BCUT2D eigenvalue weighted by Crippen LogP contribution is 2.36. The Labute approximate surface area is 96.9 Å². The number of benzene rings is 1. The summed E-state index contributed by atoms with van der Waals surface area (Å²) in [5.74, 6) is 1.68. The van der Waals surface area contributed by atoms with E-state index in [2.05, 4.69) is 0 Å². The smallest absolute Gasteiger partial charge is 0.217 e. The zero-order valence-corrected chi connectivity index (χ0v) is 11.3. The molecular formula is C11H18O4Si. The molecule has 0 aliphatic rings. The quantitative estimate of drug-likeness (QED) is 0.804. The van der Waals surface area contributed by atoms with Crippen molar-refractivity contribution < 1.29 is 19.0 Å². The Balaban J connectivity index is 3.43. The van der Waals surface area contributed by atoms with Crippen LogP contribution in [0.2, 0.25) is 13.1 Å². The zero-order chi connectivity index (χ0) is 12.3. The predicted molar refractivity (Wildman–Crippen MR) is 65.4 cm³/mol. The molecule has 4 nitrogen and oxygen atoms in total. The first-order chi connectivity index (χ1) is 7.45. The van der Waals surface area contributed by atoms with Crippen LogP contribution in [-0.2, 0) is 0 Å². The van der Waals surface area contributed by atoms with Crippen LogP contribution in [0.4, 0.5) is 0 Å². The lowest BCUT2D eigenvalue weighted by Crippen LogP contribution is -2.42. The first-order valence-corrected chi connectivity index (χ1v) is 7.92. The van der Waals surface area contributed by atoms with E-state index in [9.17, 15) is 4.80 Å². The SMILES string of the molecule is COc1ccc([Si](C)(C)O)c(OC)c1OC. The van der Waals surface area contributed by atoms with Crippen LogP contribution < -0.4 is 19.4 Å². The number of ether oxygens (including phenoxy) is 3. The topological polar surface area (TPSA) is 47.9 Å². The second-order valence-corrected chi connectivity index (χ2v) is 7.60. The summed E-state index contributed by atoms with van der Waals surface area (Å²) in [5, 5.41) is 0.799. The van der Waals surface area contributed by atoms with Crippen LogP contribution in [0, 0.1) is 0 Å². The van der Waals surface area contributed by atoms with E-state index in [0.29, 0.717) is 17.2 Å². The van der Waals surface area contributed by atoms with Crippen molar-refractivity contribution in [3.05, 3.63) is 12.1 Å². The van der Waals surface area contributed by atoms with Gasteiger partial charge in [-0.3, -0.25) is 0 Å². The summed E-state index contributed by atoms with van der Waals surface area (Å²) < 4.78 is 15.7. The molecular weight excluding hydrogens is 224 g/mol. The summed E-state index contributed by atoms with van der Waals surface area (Å²) in [4.78, 5) is 10.1. The van der Waals surface area contributed by atoms with Crippen LogP contribution in [0.25, 0.3) is 0 Å². The molecule has 0 atom stereocenters. The fourth-order valence-corrected chi connectivity index (χ4v) is 2.85. The highest BCUT2D eigenvalue weighted by molar-refractivity contribution is 6.84. The molecule has 0 heterocycles. The van der Waals surface area contributed by atoms with Crippen molar-refractivity contribution in [1.29, 1.82) is 0 Å². The third-order valence-electron chi connectivity index (χ3n) is 2.36. The molecule has 5 heteroatoms. The molecule has 0 aliphatic heterocycles. The van der Waals surface area contributed by atoms with Gasteiger partial charge in [0.2, 0.25) is 14.1 Å². The van der Waals surface area contributed by atoms with Gasteiger partial charge < -0.3 is 19.0 Å². The van der Waals surface area contributed by atoms with Gasteiger partial charge in [0.05, 0.1) is 21.3 Å². The van der Waals surface area contributed by atoms with Crippen molar-refractivity contribution in [3.63, 3.8) is 0 Å². The molecule has 1 aromatic rings. The molecule has 16 heavy (non-hydrogen) atoms. The molecule has 0 radical (unpaired) electrons. The molecule has 0 fully saturated rings. The van der Waals surface area contributed by atoms with E-state index < -0.39 is 8.32 Å². The van der Waals surface area contributed by atoms with Gasteiger partial charge in [0.15, 0.2) is 11.5 Å². The van der Waals surface area contributed by atoms with Crippen molar-refractivity contribution in [2.75, 3.05) is 21.3 Å². The van der Waals surface area contributed by atoms with Crippen molar-refractivity contribution in [1.82, 2.24) is 0 Å². The number of hydrogen-bond acceptors (Lipinski definition) is 4. The molecule has 1 rings (SSSR count). The van der Waals surface area contributed by atoms with Gasteiger partial charge in [-0.05, 0) is 19.2 Å². The first kappa shape index (κ1) is 12.9. The third kappa shape index (κ3) is 2.30. The molecule has 0 aliphatic carbocycles. The highest BCUT2D eigenvalue weighted by Gasteiger charge is 2.28. The van der Waals surface area contributed by atoms with Gasteiger partial charge in [-0.15, -0.1) is 0 Å². The number of hydrogen-bond donors (Lipinski definition) is 1. The third-order valence-corrected chi connectivity index (χ3v) is 4.08. The second-order valence-electron chi connectivity index (χ2n) is 3.94. The number of methoxy groups -OCH3 is 3. The van der Waals surface area contributed by atoms with Crippen LogP contribution in [0.15, 0.2) is 12.1 Å². The van der Waals surface area contributed by atoms with Crippen LogP contribution >= 0.6 is 0 Å². The van der Waals surface area contributed by atoms with Crippen molar-refractivity contribution in [3.8, 4) is 17.2 Å². The Morgan fingerprint density at radius 2 is 1.50 bits per heavy atom. The molecule has 1 aromatic carbocycles. The van der Waals surface area contributed by atoms with E-state index in [4.69, 9.17) is 14.2 Å². The van der Waals surface area contributed by atoms with Crippen LogP contribution in [-0.4, -0.2) is 34.4 Å². The highest BCUT2D eigenvalue weighted by atomic mass is 28.4. The van der Waals surface area contributed by atoms with Gasteiger partial charge in [0.25, 0.3) is 0 Å². The van der Waals surface area contributed by atoms with Crippen LogP contribution in [0.3, 0.4) is 0 Å². The minimum absolute atomic E-state index is 0.525. The van der Waals surface area contributed by atoms with E-state index in [-0.39, 0.29) is 0 Å². The molecule has 0 bridgehead atoms. The molecule has 0 saturated heterocycles. The van der Waals surface area contributed by atoms with Crippen molar-refractivity contribution in [2.24, 2.45) is 0 Å². The van der Waals surface area contributed by atoms with Gasteiger partial charge in [-0.2, -0.15) is 0 Å². The van der Waals surface area contributed by atoms with Gasteiger partial charge >= 0.3 is 0 Å². The summed E-state index contributed by atoms with van der Waals surface area (Å²) >= 11 is 0. The Morgan fingerprint density at radius 3 is 1.88 bits per heavy atom. The standard InChI is InChI=1S/C11H18O4Si/c1-13-8-6-7-9(16(4,5)12)11(15-3)10(8)14-2/h6-7,12H,1-5H3. The lowest BCUT2D eigenvalue weighted by molar-refractivity contribution is 0.325. The van der Waals surface area contributed by atoms with E-state index >= 15 is 0 Å². The van der Waals surface area contributed by atoms with E-state index in [1.54, 1.807) is 27.4 Å². The minimum atomic E-state index is -2.44. The maximum absolute atomic E-state index is 10.1. The maximum atomic E-state index is 10.1. The summed E-state index contributed by atoms with van der Waals surface area (Å²) in [7, 11) is 2.23. The molecule has 0 spiro atoms. The predicted octanol–water partition coefficient (Wildman–Crippen LogP) is 1.12. The lowest BCUT2D eigenvalue weighted by atomic mass is 10.3. The summed E-state index contributed by atoms with van der Waals surface area (Å²) in [6.45, 7) is 3.66. The monoisotopic (exact) mass is 242 g/mol. The Kier molecular flexibility index (Phi) is 3.82. The lowest BCUT2D eigenvalue weighted by Gasteiger charge is -2.21. The van der Waals surface area contributed by atoms with Crippen molar-refractivity contribution in [2.45, 2.75) is 13.1 Å². The Morgan fingerprint density at radius 1 is 0.938 bits per heavy atom. The largest absolute Gasteiger partial charge is 0.493 e. The molecule has 0 saturated carbocycles. The summed E-state index contributed by atoms with van der Waals surface area (Å²) in [6.07, 6.45) is 0. The number of rotatable bonds is 4. The van der Waals surface area contributed by atoms with E-state index in [1.165, 1.54) is 0 Å². The maximum Gasteiger partial charge on any atom is 0.217 e. The summed E-state index contributed by atoms with van der Waals surface area (Å²) in [5.41, 5.74) is 0. The normalized spacial score (nSPS) is 11.1. The molecule has 90 valence electrons. The van der Waals surface area contributed by atoms with Gasteiger partial charge in [0, 0.05) is 5.19 Å². The molecule has 0 aromatic heterocycles. The van der Waals surface area contributed by atoms with Gasteiger partial charge in [-0.1, -0.05) is 6.07 Å². The second kappa shape index (κ2) is 4.76. The van der Waals surface area contributed by atoms with Crippen LogP contribution in [0.5, 0.6) is 17.2 Å². The molecule has 0 unspecified atom stereocenters. The fraction of sp³-hybridized carbons (Fsp3) is 0.455.